The normalized spacial score (nSPS) is 13.5. The van der Waals surface area contributed by atoms with Gasteiger partial charge in [0.2, 0.25) is 0 Å². The first-order valence-corrected chi connectivity index (χ1v) is 16.9. The molecule has 0 aliphatic carbocycles. The number of hydrogen-bond donors (Lipinski definition) is 1. The van der Waals surface area contributed by atoms with Gasteiger partial charge >= 0.3 is 5.97 Å². The van der Waals surface area contributed by atoms with Gasteiger partial charge in [-0.2, -0.15) is 0 Å². The van der Waals surface area contributed by atoms with Crippen LogP contribution in [0.3, 0.4) is 0 Å². The quantitative estimate of drug-likeness (QED) is 0.0641. The largest absolute Gasteiger partial charge is 0.463 e. The maximum absolute atomic E-state index is 12.0. The highest BCUT2D eigenvalue weighted by atomic mass is 28.4. The maximum atomic E-state index is 12.0. The topological polar surface area (TPSA) is 55.8 Å². The van der Waals surface area contributed by atoms with Crippen LogP contribution in [-0.4, -0.2) is 38.7 Å². The van der Waals surface area contributed by atoms with Crippen LogP contribution in [0.4, 0.5) is 0 Å². The number of aliphatic hydroxyl groups excluding tert-OH is 1. The second-order valence-electron chi connectivity index (χ2n) is 11.3. The predicted octanol–water partition coefficient (Wildman–Crippen LogP) is 9.12. The highest BCUT2D eigenvalue weighted by Gasteiger charge is 2.45. The fourth-order valence-electron chi connectivity index (χ4n) is 5.39. The van der Waals surface area contributed by atoms with Crippen LogP contribution in [0.5, 0.6) is 0 Å². The van der Waals surface area contributed by atoms with Gasteiger partial charge in [0.05, 0.1) is 6.61 Å². The average Bonchev–Trinajstić information content (AvgIpc) is 2.79. The molecule has 0 rings (SSSR count). The molecule has 4 nitrogen and oxygen atoms in total. The Morgan fingerprint density at radius 1 is 0.714 bits per heavy atom. The van der Waals surface area contributed by atoms with Crippen LogP contribution in [0.1, 0.15) is 138 Å². The number of aliphatic hydroxyl groups is 1. The Morgan fingerprint density at radius 2 is 1.17 bits per heavy atom. The first kappa shape index (κ1) is 34.3. The Hall–Kier alpha value is -0.653. The van der Waals surface area contributed by atoms with Gasteiger partial charge in [0.1, 0.15) is 12.7 Å². The predicted molar refractivity (Wildman–Crippen MR) is 153 cm³/mol. The third-order valence-electron chi connectivity index (χ3n) is 7.31. The van der Waals surface area contributed by atoms with Crippen LogP contribution in [0.2, 0.25) is 16.6 Å². The Kier molecular flexibility index (Phi) is 21.0. The summed E-state index contributed by atoms with van der Waals surface area (Å²) in [6.45, 7) is 15.9. The van der Waals surface area contributed by atoms with E-state index in [1.807, 2.05) is 0 Å². The molecule has 0 aromatic heterocycles. The van der Waals surface area contributed by atoms with Gasteiger partial charge in [0, 0.05) is 6.42 Å². The van der Waals surface area contributed by atoms with E-state index >= 15 is 0 Å². The zero-order valence-electron chi connectivity index (χ0n) is 24.4. The molecule has 0 aliphatic rings. The molecule has 208 valence electrons. The fourth-order valence-corrected chi connectivity index (χ4v) is 10.9. The van der Waals surface area contributed by atoms with E-state index in [0.29, 0.717) is 23.0 Å². The lowest BCUT2D eigenvalue weighted by Gasteiger charge is -2.42. The van der Waals surface area contributed by atoms with E-state index < -0.39 is 14.4 Å². The fraction of sp³-hybridized carbons (Fsp3) is 0.900. The van der Waals surface area contributed by atoms with Crippen molar-refractivity contribution in [1.82, 2.24) is 0 Å². The number of rotatable bonds is 23. The summed E-state index contributed by atoms with van der Waals surface area (Å²) in [6.07, 6.45) is 20.5. The van der Waals surface area contributed by atoms with Gasteiger partial charge in [-0.1, -0.05) is 112 Å². The number of hydrogen-bond acceptors (Lipinski definition) is 4. The van der Waals surface area contributed by atoms with Crippen molar-refractivity contribution in [3.63, 3.8) is 0 Å². The minimum Gasteiger partial charge on any atom is -0.463 e. The maximum Gasteiger partial charge on any atom is 0.305 e. The third kappa shape index (κ3) is 15.9. The molecule has 0 spiro atoms. The summed E-state index contributed by atoms with van der Waals surface area (Å²) in [7, 11) is -2.01. The van der Waals surface area contributed by atoms with E-state index in [2.05, 4.69) is 60.6 Å². The molecular weight excluding hydrogens is 452 g/mol. The van der Waals surface area contributed by atoms with E-state index in [9.17, 15) is 9.90 Å². The second-order valence-corrected chi connectivity index (χ2v) is 16.8. The summed E-state index contributed by atoms with van der Waals surface area (Å²) in [6, 6.07) is 0. The molecule has 5 heteroatoms. The first-order valence-electron chi connectivity index (χ1n) is 14.8. The molecule has 0 saturated carbocycles. The van der Waals surface area contributed by atoms with Crippen LogP contribution in [0, 0.1) is 0 Å². The molecule has 0 heterocycles. The van der Waals surface area contributed by atoms with E-state index in [0.717, 1.165) is 12.8 Å². The molecule has 0 saturated heterocycles. The van der Waals surface area contributed by atoms with Gasteiger partial charge in [0.15, 0.2) is 8.32 Å². The zero-order valence-corrected chi connectivity index (χ0v) is 25.4. The Labute approximate surface area is 219 Å². The average molecular weight is 513 g/mol. The van der Waals surface area contributed by atoms with E-state index in [4.69, 9.17) is 9.16 Å². The van der Waals surface area contributed by atoms with Crippen LogP contribution in [0.25, 0.3) is 0 Å². The molecule has 0 bridgehead atoms. The minimum absolute atomic E-state index is 0.0304. The Bertz CT molecular complexity index is 509. The first-order chi connectivity index (χ1) is 16.7. The highest BCUT2D eigenvalue weighted by Crippen LogP contribution is 2.42. The number of ether oxygens (including phenoxy) is 1. The standard InChI is InChI=1S/C30H60O4Si/c1-8-9-10-11-12-13-14-15-16-17-18-19-20-21-22-23-30(32)33-24-29(31)25-34-35(26(2)3,27(4)5)28(6)7/h15-16,26-29,31H,8-14,17-25H2,1-7H3/b16-15-/t29-/m0/s1. The number of esters is 1. The molecule has 0 aromatic rings. The van der Waals surface area contributed by atoms with Gasteiger partial charge in [-0.15, -0.1) is 0 Å². The van der Waals surface area contributed by atoms with Crippen molar-refractivity contribution >= 4 is 14.3 Å². The van der Waals surface area contributed by atoms with Crippen molar-refractivity contribution in [2.45, 2.75) is 161 Å². The van der Waals surface area contributed by atoms with Crippen molar-refractivity contribution < 1.29 is 19.1 Å². The SMILES string of the molecule is CCCCCCCC/C=C\CCCCCCCC(=O)OC[C@H](O)CO[Si](C(C)C)(C(C)C)C(C)C. The van der Waals surface area contributed by atoms with Crippen molar-refractivity contribution in [2.24, 2.45) is 0 Å². The van der Waals surface area contributed by atoms with Crippen molar-refractivity contribution in [1.29, 1.82) is 0 Å². The highest BCUT2D eigenvalue weighted by molar-refractivity contribution is 6.77. The summed E-state index contributed by atoms with van der Waals surface area (Å²) in [5, 5.41) is 10.3. The van der Waals surface area contributed by atoms with Crippen molar-refractivity contribution in [3.05, 3.63) is 12.2 Å². The van der Waals surface area contributed by atoms with Crippen molar-refractivity contribution in [3.8, 4) is 0 Å². The molecule has 0 fully saturated rings. The Balaban J connectivity index is 3.79. The number of carbonyl (C=O) groups is 1. The van der Waals surface area contributed by atoms with Gasteiger partial charge in [-0.3, -0.25) is 4.79 Å². The van der Waals surface area contributed by atoms with Crippen molar-refractivity contribution in [2.75, 3.05) is 13.2 Å². The zero-order chi connectivity index (χ0) is 26.5. The molecule has 0 radical (unpaired) electrons. The van der Waals surface area contributed by atoms with Gasteiger partial charge in [-0.25, -0.2) is 0 Å². The molecule has 0 aliphatic heterocycles. The van der Waals surface area contributed by atoms with Gasteiger partial charge in [0.25, 0.3) is 0 Å². The molecular formula is C30H60O4Si. The third-order valence-corrected chi connectivity index (χ3v) is 13.4. The molecule has 0 aromatic carbocycles. The van der Waals surface area contributed by atoms with Gasteiger partial charge < -0.3 is 14.3 Å². The second kappa shape index (κ2) is 21.4. The lowest BCUT2D eigenvalue weighted by atomic mass is 10.1. The molecule has 1 N–H and O–H groups in total. The van der Waals surface area contributed by atoms with E-state index in [1.54, 1.807) is 0 Å². The van der Waals surface area contributed by atoms with Crippen LogP contribution < -0.4 is 0 Å². The monoisotopic (exact) mass is 512 g/mol. The van der Waals surface area contributed by atoms with Crippen LogP contribution >= 0.6 is 0 Å². The molecule has 0 unspecified atom stereocenters. The van der Waals surface area contributed by atoms with Crippen LogP contribution in [-0.2, 0) is 14.0 Å². The Morgan fingerprint density at radius 3 is 1.66 bits per heavy atom. The molecule has 0 amide bonds. The lowest BCUT2D eigenvalue weighted by molar-refractivity contribution is -0.147. The molecule has 1 atom stereocenters. The molecule has 35 heavy (non-hydrogen) atoms. The number of unbranched alkanes of at least 4 members (excludes halogenated alkanes) is 11. The van der Waals surface area contributed by atoms with E-state index in [1.165, 1.54) is 70.6 Å². The summed E-state index contributed by atoms with van der Waals surface area (Å²) in [5.41, 5.74) is 1.41. The summed E-state index contributed by atoms with van der Waals surface area (Å²) >= 11 is 0. The van der Waals surface area contributed by atoms with Crippen LogP contribution in [0.15, 0.2) is 12.2 Å². The van der Waals surface area contributed by atoms with E-state index in [-0.39, 0.29) is 19.2 Å². The summed E-state index contributed by atoms with van der Waals surface area (Å²) in [5.74, 6) is -0.207. The van der Waals surface area contributed by atoms with Gasteiger partial charge in [-0.05, 0) is 48.7 Å². The minimum atomic E-state index is -2.01. The smallest absolute Gasteiger partial charge is 0.305 e. The lowest BCUT2D eigenvalue weighted by Crippen LogP contribution is -2.49. The number of carbonyl (C=O) groups excluding carboxylic acids is 1. The summed E-state index contributed by atoms with van der Waals surface area (Å²) in [4.78, 5) is 12.0. The summed E-state index contributed by atoms with van der Waals surface area (Å²) < 4.78 is 11.7. The number of allylic oxidation sites excluding steroid dienone is 2.